The molecular weight excluding hydrogens is 318 g/mol. The molecule has 0 spiro atoms. The van der Waals surface area contributed by atoms with Crippen LogP contribution in [0.5, 0.6) is 0 Å². The van der Waals surface area contributed by atoms with Crippen molar-refractivity contribution in [2.45, 2.75) is 41.0 Å². The fraction of sp³-hybridized carbons (Fsp3) is 0.562. The smallest absolute Gasteiger partial charge is 0.348 e. The van der Waals surface area contributed by atoms with Gasteiger partial charge in [0.25, 0.3) is 0 Å². The quantitative estimate of drug-likeness (QED) is 0.769. The van der Waals surface area contributed by atoms with Gasteiger partial charge in [-0.2, -0.15) is 0 Å². The van der Waals surface area contributed by atoms with Crippen LogP contribution in [0.4, 0.5) is 5.00 Å². The van der Waals surface area contributed by atoms with Crippen molar-refractivity contribution in [2.24, 2.45) is 5.92 Å². The predicted octanol–water partition coefficient (Wildman–Crippen LogP) is 3.39. The van der Waals surface area contributed by atoms with Crippen molar-refractivity contribution in [3.63, 3.8) is 0 Å². The molecule has 0 aliphatic heterocycles. The van der Waals surface area contributed by atoms with Gasteiger partial charge in [0.2, 0.25) is 5.91 Å². The number of hydrogen-bond donors (Lipinski definition) is 1. The molecule has 0 saturated heterocycles. The van der Waals surface area contributed by atoms with Crippen LogP contribution in [0.25, 0.3) is 0 Å². The van der Waals surface area contributed by atoms with Crippen LogP contribution in [0.3, 0.4) is 0 Å². The second-order valence-corrected chi connectivity index (χ2v) is 6.37. The van der Waals surface area contributed by atoms with Crippen LogP contribution in [0, 0.1) is 12.8 Å². The summed E-state index contributed by atoms with van der Waals surface area (Å²) in [4.78, 5) is 36.5. The minimum atomic E-state index is -0.559. The Kier molecular flexibility index (Phi) is 7.22. The van der Waals surface area contributed by atoms with E-state index in [1.54, 1.807) is 20.8 Å². The average Bonchev–Trinajstić information content (AvgIpc) is 2.75. The minimum absolute atomic E-state index is 0.187. The number of carbonyl (C=O) groups excluding carboxylic acids is 3. The van der Waals surface area contributed by atoms with Crippen LogP contribution in [-0.4, -0.2) is 31.1 Å². The van der Waals surface area contributed by atoms with Gasteiger partial charge in [-0.05, 0) is 32.3 Å². The standard InChI is InChI=1S/C16H23NO5S/c1-6-21-15(19)12-10(5)13(16(20)22-7-2)23-14(12)17-11(18)8-9(3)4/h9H,6-8H2,1-5H3,(H,17,18). The van der Waals surface area contributed by atoms with E-state index in [0.717, 1.165) is 11.3 Å². The van der Waals surface area contributed by atoms with Crippen LogP contribution < -0.4 is 5.32 Å². The monoisotopic (exact) mass is 341 g/mol. The highest BCUT2D eigenvalue weighted by molar-refractivity contribution is 7.18. The summed E-state index contributed by atoms with van der Waals surface area (Å²) in [6.07, 6.45) is 0.327. The second kappa shape index (κ2) is 8.67. The topological polar surface area (TPSA) is 81.7 Å². The fourth-order valence-electron chi connectivity index (χ4n) is 1.99. The number of amides is 1. The maximum absolute atomic E-state index is 12.2. The summed E-state index contributed by atoms with van der Waals surface area (Å²) in [6.45, 7) is 9.35. The van der Waals surface area contributed by atoms with Gasteiger partial charge in [0.15, 0.2) is 0 Å². The molecule has 0 aliphatic carbocycles. The van der Waals surface area contributed by atoms with Gasteiger partial charge in [-0.3, -0.25) is 4.79 Å². The molecule has 1 aromatic heterocycles. The summed E-state index contributed by atoms with van der Waals surface area (Å²) < 4.78 is 10.0. The number of nitrogens with one attached hydrogen (secondary N) is 1. The third-order valence-electron chi connectivity index (χ3n) is 2.93. The van der Waals surface area contributed by atoms with E-state index in [9.17, 15) is 14.4 Å². The summed E-state index contributed by atoms with van der Waals surface area (Å²) in [5.41, 5.74) is 0.684. The van der Waals surface area contributed by atoms with Gasteiger partial charge in [-0.1, -0.05) is 13.8 Å². The molecule has 0 unspecified atom stereocenters. The molecule has 0 bridgehead atoms. The van der Waals surface area contributed by atoms with Crippen LogP contribution in [0.1, 0.15) is 59.7 Å². The van der Waals surface area contributed by atoms with E-state index in [1.807, 2.05) is 13.8 Å². The largest absolute Gasteiger partial charge is 0.462 e. The molecule has 1 N–H and O–H groups in total. The van der Waals surface area contributed by atoms with E-state index in [-0.39, 0.29) is 30.6 Å². The van der Waals surface area contributed by atoms with Crippen LogP contribution in [0.2, 0.25) is 0 Å². The van der Waals surface area contributed by atoms with Crippen molar-refractivity contribution in [3.05, 3.63) is 16.0 Å². The highest BCUT2D eigenvalue weighted by atomic mass is 32.1. The Morgan fingerprint density at radius 3 is 2.17 bits per heavy atom. The number of rotatable bonds is 7. The van der Waals surface area contributed by atoms with Crippen molar-refractivity contribution in [3.8, 4) is 0 Å². The number of ether oxygens (including phenoxy) is 2. The molecule has 6 nitrogen and oxygen atoms in total. The molecule has 0 radical (unpaired) electrons. The molecule has 1 aromatic rings. The van der Waals surface area contributed by atoms with Gasteiger partial charge < -0.3 is 14.8 Å². The van der Waals surface area contributed by atoms with E-state index >= 15 is 0 Å². The summed E-state index contributed by atoms with van der Waals surface area (Å²) in [7, 11) is 0. The number of anilines is 1. The van der Waals surface area contributed by atoms with E-state index in [4.69, 9.17) is 9.47 Å². The highest BCUT2D eigenvalue weighted by Gasteiger charge is 2.27. The maximum Gasteiger partial charge on any atom is 0.348 e. The molecule has 0 fully saturated rings. The Bertz CT molecular complexity index is 592. The first-order chi connectivity index (χ1) is 10.8. The molecule has 1 amide bonds. The van der Waals surface area contributed by atoms with Crippen molar-refractivity contribution in [1.29, 1.82) is 0 Å². The minimum Gasteiger partial charge on any atom is -0.462 e. The Labute approximate surface area is 140 Å². The third kappa shape index (κ3) is 5.06. The van der Waals surface area contributed by atoms with E-state index < -0.39 is 11.9 Å². The number of hydrogen-bond acceptors (Lipinski definition) is 6. The van der Waals surface area contributed by atoms with Crippen LogP contribution in [0.15, 0.2) is 0 Å². The van der Waals surface area contributed by atoms with Gasteiger partial charge >= 0.3 is 11.9 Å². The molecule has 0 aliphatic rings. The van der Waals surface area contributed by atoms with Crippen molar-refractivity contribution >= 4 is 34.2 Å². The SMILES string of the molecule is CCOC(=O)c1sc(NC(=O)CC(C)C)c(C(=O)OCC)c1C. The molecular formula is C16H23NO5S. The molecule has 7 heteroatoms. The molecule has 0 saturated carbocycles. The predicted molar refractivity (Wildman–Crippen MR) is 89.1 cm³/mol. The van der Waals surface area contributed by atoms with Gasteiger partial charge in [0.1, 0.15) is 9.88 Å². The highest BCUT2D eigenvalue weighted by Crippen LogP contribution is 2.34. The van der Waals surface area contributed by atoms with Gasteiger partial charge in [0.05, 0.1) is 18.8 Å². The van der Waals surface area contributed by atoms with Crippen LogP contribution in [-0.2, 0) is 14.3 Å². The fourth-order valence-corrected chi connectivity index (χ4v) is 3.10. The first-order valence-electron chi connectivity index (χ1n) is 7.59. The van der Waals surface area contributed by atoms with Gasteiger partial charge in [-0.15, -0.1) is 11.3 Å². The average molecular weight is 341 g/mol. The van der Waals surface area contributed by atoms with Crippen molar-refractivity contribution in [1.82, 2.24) is 0 Å². The number of thiophene rings is 1. The lowest BCUT2D eigenvalue weighted by molar-refractivity contribution is -0.116. The summed E-state index contributed by atoms with van der Waals surface area (Å²) in [5.74, 6) is -1.09. The van der Waals surface area contributed by atoms with E-state index in [2.05, 4.69) is 5.32 Å². The zero-order valence-corrected chi connectivity index (χ0v) is 15.0. The lowest BCUT2D eigenvalue weighted by Gasteiger charge is -2.08. The first-order valence-corrected chi connectivity index (χ1v) is 8.40. The van der Waals surface area contributed by atoms with Crippen molar-refractivity contribution < 1.29 is 23.9 Å². The van der Waals surface area contributed by atoms with Crippen molar-refractivity contribution in [2.75, 3.05) is 18.5 Å². The Hall–Kier alpha value is -1.89. The number of carbonyl (C=O) groups is 3. The van der Waals surface area contributed by atoms with E-state index in [0.29, 0.717) is 21.9 Å². The Morgan fingerprint density at radius 2 is 1.65 bits per heavy atom. The zero-order chi connectivity index (χ0) is 17.6. The zero-order valence-electron chi connectivity index (χ0n) is 14.1. The normalized spacial score (nSPS) is 10.5. The lowest BCUT2D eigenvalue weighted by Crippen LogP contribution is -2.16. The lowest BCUT2D eigenvalue weighted by atomic mass is 10.1. The van der Waals surface area contributed by atoms with E-state index in [1.165, 1.54) is 0 Å². The van der Waals surface area contributed by atoms with Gasteiger partial charge in [-0.25, -0.2) is 9.59 Å². The molecule has 128 valence electrons. The Balaban J connectivity index is 3.20. The summed E-state index contributed by atoms with van der Waals surface area (Å²) in [5, 5.41) is 3.04. The molecule has 23 heavy (non-hydrogen) atoms. The molecule has 0 aromatic carbocycles. The van der Waals surface area contributed by atoms with Gasteiger partial charge in [0, 0.05) is 6.42 Å². The summed E-state index contributed by atoms with van der Waals surface area (Å²) in [6, 6.07) is 0. The molecule has 1 heterocycles. The maximum atomic E-state index is 12.2. The third-order valence-corrected chi connectivity index (χ3v) is 4.12. The Morgan fingerprint density at radius 1 is 1.09 bits per heavy atom. The number of esters is 2. The second-order valence-electron chi connectivity index (χ2n) is 5.35. The van der Waals surface area contributed by atoms with Crippen LogP contribution >= 0.6 is 11.3 Å². The first kappa shape index (κ1) is 19.2. The summed E-state index contributed by atoms with van der Waals surface area (Å²) >= 11 is 1.04. The molecule has 1 rings (SSSR count). The molecule has 0 atom stereocenters.